The zero-order valence-corrected chi connectivity index (χ0v) is 10.2. The lowest BCUT2D eigenvalue weighted by atomic mass is 10.0. The van der Waals surface area contributed by atoms with Crippen molar-refractivity contribution in [3.63, 3.8) is 0 Å². The van der Waals surface area contributed by atoms with E-state index < -0.39 is 0 Å². The fraction of sp³-hybridized carbons (Fsp3) is 0.909. The Kier molecular flexibility index (Phi) is 6.52. The maximum Gasteiger partial charge on any atom is 0.293 e. The van der Waals surface area contributed by atoms with Gasteiger partial charge in [-0.05, 0) is 39.5 Å². The van der Waals surface area contributed by atoms with Crippen LogP contribution in [0.5, 0.6) is 0 Å². The highest BCUT2D eigenvalue weighted by Crippen LogP contribution is 2.13. The number of rotatable bonds is 1. The number of ether oxygens (including phenoxy) is 1. The summed E-state index contributed by atoms with van der Waals surface area (Å²) in [5, 5.41) is 10.3. The average Bonchev–Trinajstić information content (AvgIpc) is 2.09. The van der Waals surface area contributed by atoms with Gasteiger partial charge in [0.2, 0.25) is 0 Å². The minimum absolute atomic E-state index is 0.318. The molecule has 1 rings (SSSR count). The van der Waals surface area contributed by atoms with E-state index in [9.17, 15) is 4.79 Å². The Morgan fingerprint density at radius 3 is 2.00 bits per heavy atom. The highest BCUT2D eigenvalue weighted by atomic mass is 16.5. The lowest BCUT2D eigenvalue weighted by Crippen LogP contribution is -2.29. The lowest BCUT2D eigenvalue weighted by Gasteiger charge is -2.24. The quantitative estimate of drug-likeness (QED) is 0.683. The predicted molar refractivity (Wildman–Crippen MR) is 58.7 cm³/mol. The number of nitrogens with zero attached hydrogens (tertiary/aromatic N) is 1. The molecule has 1 fully saturated rings. The van der Waals surface area contributed by atoms with E-state index in [-0.39, 0.29) is 5.60 Å². The van der Waals surface area contributed by atoms with Gasteiger partial charge < -0.3 is 9.94 Å². The van der Waals surface area contributed by atoms with Crippen molar-refractivity contribution in [3.05, 3.63) is 0 Å². The van der Waals surface area contributed by atoms with E-state index in [1.54, 1.807) is 0 Å². The van der Waals surface area contributed by atoms with E-state index in [1.165, 1.54) is 5.06 Å². The molecule has 0 bridgehead atoms. The summed E-state index contributed by atoms with van der Waals surface area (Å²) in [6.45, 7) is 9.87. The second-order valence-corrected chi connectivity index (χ2v) is 4.96. The molecule has 90 valence electrons. The smallest absolute Gasteiger partial charge is 0.293 e. The minimum atomic E-state index is -0.318. The van der Waals surface area contributed by atoms with Crippen LogP contribution in [0.25, 0.3) is 0 Å². The van der Waals surface area contributed by atoms with Crippen molar-refractivity contribution >= 4 is 6.47 Å². The topological polar surface area (TPSA) is 49.8 Å². The third-order valence-electron chi connectivity index (χ3n) is 2.16. The average molecular weight is 217 g/mol. The van der Waals surface area contributed by atoms with E-state index in [4.69, 9.17) is 5.21 Å². The van der Waals surface area contributed by atoms with Crippen LogP contribution < -0.4 is 0 Å². The van der Waals surface area contributed by atoms with Gasteiger partial charge in [0.15, 0.2) is 0 Å². The molecule has 0 aromatic carbocycles. The Morgan fingerprint density at radius 1 is 1.33 bits per heavy atom. The summed E-state index contributed by atoms with van der Waals surface area (Å²) in [5.41, 5.74) is -0.318. The third-order valence-corrected chi connectivity index (χ3v) is 2.16. The standard InChI is InChI=1S/C6H13NO.C5H10O2/c1-6-2-4-7(8)5-3-6;1-5(2,3)7-4-6/h6,8H,2-5H2,1H3;4H,1-3H3. The molecule has 1 aliphatic rings. The van der Waals surface area contributed by atoms with Gasteiger partial charge in [-0.2, -0.15) is 5.06 Å². The molecule has 0 aromatic rings. The fourth-order valence-electron chi connectivity index (χ4n) is 1.14. The first-order valence-electron chi connectivity index (χ1n) is 5.40. The van der Waals surface area contributed by atoms with Gasteiger partial charge >= 0.3 is 0 Å². The SMILES string of the molecule is CC(C)(C)OC=O.CC1CCN(O)CC1. The zero-order chi connectivity index (χ0) is 11.9. The molecule has 0 amide bonds. The minimum Gasteiger partial charge on any atom is -0.462 e. The zero-order valence-electron chi connectivity index (χ0n) is 10.2. The summed E-state index contributed by atoms with van der Waals surface area (Å²) in [4.78, 5) is 9.60. The van der Waals surface area contributed by atoms with Gasteiger partial charge in [-0.15, -0.1) is 0 Å². The number of hydrogen-bond acceptors (Lipinski definition) is 4. The molecule has 0 aliphatic carbocycles. The molecule has 1 aliphatic heterocycles. The van der Waals surface area contributed by atoms with E-state index in [0.29, 0.717) is 6.47 Å². The van der Waals surface area contributed by atoms with Crippen molar-refractivity contribution < 1.29 is 14.7 Å². The summed E-state index contributed by atoms with van der Waals surface area (Å²) in [7, 11) is 0. The molecule has 0 unspecified atom stereocenters. The Bertz CT molecular complexity index is 159. The fourth-order valence-corrected chi connectivity index (χ4v) is 1.14. The summed E-state index contributed by atoms with van der Waals surface area (Å²) < 4.78 is 4.55. The van der Waals surface area contributed by atoms with Gasteiger partial charge in [-0.25, -0.2) is 0 Å². The second kappa shape index (κ2) is 6.80. The molecule has 1 N–H and O–H groups in total. The Morgan fingerprint density at radius 2 is 1.80 bits per heavy atom. The summed E-state index contributed by atoms with van der Waals surface area (Å²) in [6.07, 6.45) is 2.30. The van der Waals surface area contributed by atoms with E-state index >= 15 is 0 Å². The van der Waals surface area contributed by atoms with Crippen LogP contribution in [-0.2, 0) is 9.53 Å². The van der Waals surface area contributed by atoms with Crippen LogP contribution in [0, 0.1) is 5.92 Å². The van der Waals surface area contributed by atoms with Crippen LogP contribution in [-0.4, -0.2) is 35.4 Å². The molecular weight excluding hydrogens is 194 g/mol. The first kappa shape index (κ1) is 14.4. The molecule has 1 heterocycles. The molecule has 1 saturated heterocycles. The first-order valence-corrected chi connectivity index (χ1v) is 5.40. The number of carbonyl (C=O) groups is 1. The van der Waals surface area contributed by atoms with Gasteiger partial charge in [0.25, 0.3) is 6.47 Å². The van der Waals surface area contributed by atoms with Crippen molar-refractivity contribution in [2.24, 2.45) is 5.92 Å². The number of hydroxylamine groups is 2. The largest absolute Gasteiger partial charge is 0.462 e. The normalized spacial score (nSPS) is 19.0. The molecule has 15 heavy (non-hydrogen) atoms. The van der Waals surface area contributed by atoms with E-state index in [0.717, 1.165) is 31.8 Å². The van der Waals surface area contributed by atoms with Gasteiger partial charge in [0, 0.05) is 13.1 Å². The second-order valence-electron chi connectivity index (χ2n) is 4.96. The van der Waals surface area contributed by atoms with Gasteiger partial charge in [-0.3, -0.25) is 4.79 Å². The maximum atomic E-state index is 9.60. The molecule has 0 aromatic heterocycles. The van der Waals surface area contributed by atoms with Crippen LogP contribution in [0.2, 0.25) is 0 Å². The number of piperidine rings is 1. The molecule has 0 radical (unpaired) electrons. The lowest BCUT2D eigenvalue weighted by molar-refractivity contribution is -0.138. The van der Waals surface area contributed by atoms with Gasteiger partial charge in [-0.1, -0.05) is 6.92 Å². The van der Waals surface area contributed by atoms with Crippen LogP contribution in [0.3, 0.4) is 0 Å². The van der Waals surface area contributed by atoms with E-state index in [1.807, 2.05) is 20.8 Å². The highest BCUT2D eigenvalue weighted by molar-refractivity contribution is 5.37. The summed E-state index contributed by atoms with van der Waals surface area (Å²) in [6, 6.07) is 0. The van der Waals surface area contributed by atoms with Crippen molar-refractivity contribution in [1.82, 2.24) is 5.06 Å². The molecule has 4 heteroatoms. The Balaban J connectivity index is 0.000000265. The van der Waals surface area contributed by atoms with Crippen molar-refractivity contribution in [3.8, 4) is 0 Å². The van der Waals surface area contributed by atoms with Crippen molar-refractivity contribution in [1.29, 1.82) is 0 Å². The van der Waals surface area contributed by atoms with Crippen LogP contribution in [0.15, 0.2) is 0 Å². The van der Waals surface area contributed by atoms with Crippen LogP contribution in [0.4, 0.5) is 0 Å². The summed E-state index contributed by atoms with van der Waals surface area (Å²) in [5.74, 6) is 0.818. The summed E-state index contributed by atoms with van der Waals surface area (Å²) >= 11 is 0. The molecule has 4 nitrogen and oxygen atoms in total. The first-order chi connectivity index (χ1) is 6.85. The van der Waals surface area contributed by atoms with Crippen molar-refractivity contribution in [2.75, 3.05) is 13.1 Å². The third kappa shape index (κ3) is 9.69. The van der Waals surface area contributed by atoms with Gasteiger partial charge in [0.05, 0.1) is 0 Å². The Labute approximate surface area is 92.2 Å². The number of carbonyl (C=O) groups excluding carboxylic acids is 1. The molecule has 0 atom stereocenters. The Hall–Kier alpha value is -0.610. The molecule has 0 saturated carbocycles. The molecule has 0 spiro atoms. The number of hydrogen-bond donors (Lipinski definition) is 1. The van der Waals surface area contributed by atoms with Gasteiger partial charge in [0.1, 0.15) is 5.60 Å². The highest BCUT2D eigenvalue weighted by Gasteiger charge is 2.12. The monoisotopic (exact) mass is 217 g/mol. The van der Waals surface area contributed by atoms with Crippen LogP contribution >= 0.6 is 0 Å². The van der Waals surface area contributed by atoms with E-state index in [2.05, 4.69) is 11.7 Å². The molecular formula is C11H23NO3. The predicted octanol–water partition coefficient (Wildman–Crippen LogP) is 2.07. The maximum absolute atomic E-state index is 9.60. The van der Waals surface area contributed by atoms with Crippen molar-refractivity contribution in [2.45, 2.75) is 46.1 Å². The van der Waals surface area contributed by atoms with Crippen LogP contribution in [0.1, 0.15) is 40.5 Å².